The van der Waals surface area contributed by atoms with Gasteiger partial charge in [-0.15, -0.1) is 11.3 Å². The number of thiophene rings is 1. The van der Waals surface area contributed by atoms with Crippen LogP contribution in [0.25, 0.3) is 0 Å². The molecule has 4 nitrogen and oxygen atoms in total. The van der Waals surface area contributed by atoms with Gasteiger partial charge in [0.15, 0.2) is 0 Å². The third-order valence-corrected chi connectivity index (χ3v) is 3.94. The molecular formula is C15H13ClFNO3S. The van der Waals surface area contributed by atoms with E-state index in [4.69, 9.17) is 16.3 Å². The summed E-state index contributed by atoms with van der Waals surface area (Å²) in [6.07, 6.45) is 0.426. The van der Waals surface area contributed by atoms with Crippen molar-refractivity contribution in [1.29, 1.82) is 0 Å². The number of hydrogen-bond donors (Lipinski definition) is 1. The zero-order chi connectivity index (χ0) is 15.9. The Morgan fingerprint density at radius 1 is 1.27 bits per heavy atom. The highest BCUT2D eigenvalue weighted by molar-refractivity contribution is 7.12. The number of carbonyl (C=O) groups is 2. The number of esters is 1. The van der Waals surface area contributed by atoms with E-state index in [1.165, 1.54) is 23.5 Å². The summed E-state index contributed by atoms with van der Waals surface area (Å²) in [6.45, 7) is 0.420. The molecule has 116 valence electrons. The highest BCUT2D eigenvalue weighted by Gasteiger charge is 2.16. The molecule has 7 heteroatoms. The molecular weight excluding hydrogens is 329 g/mol. The third-order valence-electron chi connectivity index (χ3n) is 2.75. The maximum atomic E-state index is 13.5. The van der Waals surface area contributed by atoms with Crippen molar-refractivity contribution in [3.8, 4) is 0 Å². The van der Waals surface area contributed by atoms with Crippen molar-refractivity contribution >= 4 is 34.8 Å². The molecule has 1 aromatic heterocycles. The van der Waals surface area contributed by atoms with Crippen molar-refractivity contribution in [2.75, 3.05) is 13.2 Å². The fourth-order valence-corrected chi connectivity index (χ4v) is 2.58. The van der Waals surface area contributed by atoms with E-state index in [1.54, 1.807) is 12.1 Å². The number of halogens is 2. The van der Waals surface area contributed by atoms with E-state index in [-0.39, 0.29) is 23.1 Å². The molecule has 0 aliphatic heterocycles. The lowest BCUT2D eigenvalue weighted by atomic mass is 10.2. The van der Waals surface area contributed by atoms with Gasteiger partial charge in [-0.3, -0.25) is 4.79 Å². The summed E-state index contributed by atoms with van der Waals surface area (Å²) < 4.78 is 18.4. The van der Waals surface area contributed by atoms with Crippen molar-refractivity contribution in [2.24, 2.45) is 0 Å². The Labute approximate surface area is 135 Å². The molecule has 0 fully saturated rings. The second-order valence-electron chi connectivity index (χ2n) is 4.32. The van der Waals surface area contributed by atoms with Gasteiger partial charge in [-0.1, -0.05) is 23.7 Å². The first-order valence-electron chi connectivity index (χ1n) is 6.52. The predicted molar refractivity (Wildman–Crippen MR) is 83.0 cm³/mol. The van der Waals surface area contributed by atoms with Crippen molar-refractivity contribution < 1.29 is 18.7 Å². The Bertz CT molecular complexity index is 641. The first kappa shape index (κ1) is 16.5. The van der Waals surface area contributed by atoms with E-state index < -0.39 is 11.8 Å². The lowest BCUT2D eigenvalue weighted by Gasteiger charge is -2.07. The molecule has 0 saturated heterocycles. The molecule has 0 radical (unpaired) electrons. The molecule has 1 heterocycles. The van der Waals surface area contributed by atoms with Crippen LogP contribution in [-0.2, 0) is 4.74 Å². The number of amides is 1. The van der Waals surface area contributed by atoms with Crippen molar-refractivity contribution in [3.05, 3.63) is 57.0 Å². The standard InChI is InChI=1S/C15H13ClFNO3S/c16-10-4-1-5-11(17)13(10)15(20)21-8-3-7-18-14(19)12-6-2-9-22-12/h1-2,4-6,9H,3,7-8H2,(H,18,19). The van der Waals surface area contributed by atoms with Gasteiger partial charge in [0.1, 0.15) is 11.4 Å². The molecule has 1 N–H and O–H groups in total. The Hall–Kier alpha value is -1.92. The average Bonchev–Trinajstić information content (AvgIpc) is 3.00. The molecule has 0 atom stereocenters. The van der Waals surface area contributed by atoms with Crippen LogP contribution in [0.15, 0.2) is 35.7 Å². The molecule has 0 spiro atoms. The van der Waals surface area contributed by atoms with E-state index in [9.17, 15) is 14.0 Å². The van der Waals surface area contributed by atoms with Gasteiger partial charge >= 0.3 is 5.97 Å². The molecule has 0 aliphatic rings. The van der Waals surface area contributed by atoms with Gasteiger partial charge in [0, 0.05) is 6.54 Å². The topological polar surface area (TPSA) is 55.4 Å². The molecule has 0 bridgehead atoms. The Morgan fingerprint density at radius 3 is 2.77 bits per heavy atom. The van der Waals surface area contributed by atoms with Gasteiger partial charge in [-0.05, 0) is 30.0 Å². The van der Waals surface area contributed by atoms with Gasteiger partial charge in [0.05, 0.1) is 16.5 Å². The maximum absolute atomic E-state index is 13.5. The smallest absolute Gasteiger partial charge is 0.342 e. The minimum atomic E-state index is -0.812. The number of carbonyl (C=O) groups excluding carboxylic acids is 2. The highest BCUT2D eigenvalue weighted by Crippen LogP contribution is 2.19. The quantitative estimate of drug-likeness (QED) is 0.646. The van der Waals surface area contributed by atoms with Crippen molar-refractivity contribution in [2.45, 2.75) is 6.42 Å². The van der Waals surface area contributed by atoms with Crippen LogP contribution in [-0.4, -0.2) is 25.0 Å². The van der Waals surface area contributed by atoms with Gasteiger partial charge < -0.3 is 10.1 Å². The van der Waals surface area contributed by atoms with Gasteiger partial charge in [0.2, 0.25) is 0 Å². The normalized spacial score (nSPS) is 10.3. The first-order valence-corrected chi connectivity index (χ1v) is 7.78. The lowest BCUT2D eigenvalue weighted by molar-refractivity contribution is 0.0496. The molecule has 22 heavy (non-hydrogen) atoms. The van der Waals surface area contributed by atoms with Gasteiger partial charge in [-0.2, -0.15) is 0 Å². The first-order chi connectivity index (χ1) is 10.6. The number of ether oxygens (including phenoxy) is 1. The van der Waals surface area contributed by atoms with Crippen LogP contribution in [0.1, 0.15) is 26.5 Å². The highest BCUT2D eigenvalue weighted by atomic mass is 35.5. The van der Waals surface area contributed by atoms with Crippen molar-refractivity contribution in [3.63, 3.8) is 0 Å². The lowest BCUT2D eigenvalue weighted by Crippen LogP contribution is -2.24. The van der Waals surface area contributed by atoms with E-state index in [0.717, 1.165) is 6.07 Å². The monoisotopic (exact) mass is 341 g/mol. The summed E-state index contributed by atoms with van der Waals surface area (Å²) in [5.41, 5.74) is -0.271. The average molecular weight is 342 g/mol. The second kappa shape index (κ2) is 7.91. The summed E-state index contributed by atoms with van der Waals surface area (Å²) >= 11 is 7.11. The molecule has 2 rings (SSSR count). The Kier molecular flexibility index (Phi) is 5.91. The van der Waals surface area contributed by atoms with E-state index in [2.05, 4.69) is 5.32 Å². The Balaban J connectivity index is 1.73. The fourth-order valence-electron chi connectivity index (χ4n) is 1.70. The Morgan fingerprint density at radius 2 is 2.09 bits per heavy atom. The van der Waals surface area contributed by atoms with Crippen molar-refractivity contribution in [1.82, 2.24) is 5.32 Å². The second-order valence-corrected chi connectivity index (χ2v) is 5.67. The minimum absolute atomic E-state index is 0.0102. The summed E-state index contributed by atoms with van der Waals surface area (Å²) in [5.74, 6) is -1.70. The van der Waals surface area contributed by atoms with Crippen LogP contribution in [0.4, 0.5) is 4.39 Å². The summed E-state index contributed by atoms with van der Waals surface area (Å²) in [6, 6.07) is 7.49. The molecule has 1 aromatic carbocycles. The summed E-state index contributed by atoms with van der Waals surface area (Å²) in [5, 5.41) is 4.53. The predicted octanol–water partition coefficient (Wildman–Crippen LogP) is 3.52. The maximum Gasteiger partial charge on any atom is 0.342 e. The van der Waals surface area contributed by atoms with Crippen LogP contribution < -0.4 is 5.32 Å². The molecule has 0 unspecified atom stereocenters. The van der Waals surface area contributed by atoms with Gasteiger partial charge in [0.25, 0.3) is 5.91 Å². The minimum Gasteiger partial charge on any atom is -0.462 e. The summed E-state index contributed by atoms with van der Waals surface area (Å²) in [4.78, 5) is 24.0. The largest absolute Gasteiger partial charge is 0.462 e. The molecule has 2 aromatic rings. The van der Waals surface area contributed by atoms with Crippen LogP contribution in [0.5, 0.6) is 0 Å². The van der Waals surface area contributed by atoms with E-state index >= 15 is 0 Å². The number of benzene rings is 1. The molecule has 0 saturated carbocycles. The fraction of sp³-hybridized carbons (Fsp3) is 0.200. The number of rotatable bonds is 6. The number of nitrogens with one attached hydrogen (secondary N) is 1. The van der Waals surface area contributed by atoms with E-state index in [0.29, 0.717) is 17.8 Å². The van der Waals surface area contributed by atoms with Gasteiger partial charge in [-0.25, -0.2) is 9.18 Å². The third kappa shape index (κ3) is 4.29. The van der Waals surface area contributed by atoms with E-state index in [1.807, 2.05) is 5.38 Å². The molecule has 0 aliphatic carbocycles. The van der Waals surface area contributed by atoms with Crippen LogP contribution in [0.3, 0.4) is 0 Å². The summed E-state index contributed by atoms with van der Waals surface area (Å²) in [7, 11) is 0. The van der Waals surface area contributed by atoms with Crippen LogP contribution >= 0.6 is 22.9 Å². The van der Waals surface area contributed by atoms with Crippen LogP contribution in [0, 0.1) is 5.82 Å². The number of hydrogen-bond acceptors (Lipinski definition) is 4. The SMILES string of the molecule is O=C(NCCCOC(=O)c1c(F)cccc1Cl)c1cccs1. The zero-order valence-electron chi connectivity index (χ0n) is 11.5. The van der Waals surface area contributed by atoms with Crippen LogP contribution in [0.2, 0.25) is 5.02 Å². The zero-order valence-corrected chi connectivity index (χ0v) is 13.0. The molecule has 1 amide bonds.